The summed E-state index contributed by atoms with van der Waals surface area (Å²) in [4.78, 5) is 29.3. The van der Waals surface area contributed by atoms with E-state index in [0.717, 1.165) is 25.2 Å². The number of fused-ring (bicyclic) bond motifs is 1. The van der Waals surface area contributed by atoms with Crippen LogP contribution < -0.4 is 10.6 Å². The van der Waals surface area contributed by atoms with E-state index in [1.165, 1.54) is 4.90 Å². The molecule has 1 fully saturated rings. The Morgan fingerprint density at radius 3 is 3.00 bits per heavy atom. The van der Waals surface area contributed by atoms with Gasteiger partial charge in [0.2, 0.25) is 0 Å². The number of carbonyl (C=O) groups excluding carboxylic acids is 2. The van der Waals surface area contributed by atoms with Crippen LogP contribution in [0.4, 0.5) is 4.79 Å². The smallest absolute Gasteiger partial charge is 0.324 e. The van der Waals surface area contributed by atoms with Gasteiger partial charge in [0.15, 0.2) is 0 Å². The summed E-state index contributed by atoms with van der Waals surface area (Å²) in [6.07, 6.45) is 3.46. The number of rotatable bonds is 4. The fraction of sp³-hybridized carbons (Fsp3) is 0.692. The Balaban J connectivity index is 1.49. The number of hydrogen-bond donors (Lipinski definition) is 2. The molecule has 0 spiro atoms. The molecule has 0 radical (unpaired) electrons. The highest BCUT2D eigenvalue weighted by atomic mass is 16.2. The first-order chi connectivity index (χ1) is 9.97. The molecule has 3 amide bonds. The Kier molecular flexibility index (Phi) is 3.40. The summed E-state index contributed by atoms with van der Waals surface area (Å²) in [6, 6.07) is -0.0121. The Morgan fingerprint density at radius 2 is 2.29 bits per heavy atom. The van der Waals surface area contributed by atoms with Crippen molar-refractivity contribution >= 4 is 11.9 Å². The third-order valence-corrected chi connectivity index (χ3v) is 4.02. The molecular weight excluding hydrogens is 272 g/mol. The maximum atomic E-state index is 12.0. The summed E-state index contributed by atoms with van der Waals surface area (Å²) in [6.45, 7) is 5.18. The summed E-state index contributed by atoms with van der Waals surface area (Å²) in [5, 5.41) is 10.2. The lowest BCUT2D eigenvalue weighted by atomic mass is 10.1. The van der Waals surface area contributed by atoms with E-state index >= 15 is 0 Å². The predicted molar refractivity (Wildman–Crippen MR) is 74.5 cm³/mol. The molecule has 0 aromatic carbocycles. The second kappa shape index (κ2) is 5.10. The van der Waals surface area contributed by atoms with Gasteiger partial charge in [0.25, 0.3) is 5.91 Å². The van der Waals surface area contributed by atoms with Gasteiger partial charge in [-0.3, -0.25) is 9.69 Å². The lowest BCUT2D eigenvalue weighted by Gasteiger charge is -2.24. The lowest BCUT2D eigenvalue weighted by Crippen LogP contribution is -2.44. The Morgan fingerprint density at radius 1 is 1.48 bits per heavy atom. The number of aryl methyl sites for hydroxylation is 1. The molecule has 0 saturated carbocycles. The number of nitrogens with one attached hydrogen (secondary N) is 2. The molecule has 3 heterocycles. The zero-order valence-electron chi connectivity index (χ0n) is 12.3. The van der Waals surface area contributed by atoms with Crippen LogP contribution in [0.15, 0.2) is 6.33 Å². The van der Waals surface area contributed by atoms with Crippen LogP contribution in [-0.2, 0) is 17.8 Å². The topological polar surface area (TPSA) is 92.2 Å². The van der Waals surface area contributed by atoms with Crippen LogP contribution in [-0.4, -0.2) is 56.3 Å². The molecule has 1 saturated heterocycles. The van der Waals surface area contributed by atoms with Crippen LogP contribution in [0.3, 0.4) is 0 Å². The van der Waals surface area contributed by atoms with Crippen LogP contribution in [0.2, 0.25) is 0 Å². The lowest BCUT2D eigenvalue weighted by molar-refractivity contribution is -0.130. The Bertz CT molecular complexity index is 567. The van der Waals surface area contributed by atoms with Crippen molar-refractivity contribution in [1.29, 1.82) is 0 Å². The van der Waals surface area contributed by atoms with Gasteiger partial charge >= 0.3 is 6.03 Å². The Hall–Kier alpha value is -1.96. The Labute approximate surface area is 122 Å². The van der Waals surface area contributed by atoms with Gasteiger partial charge in [-0.25, -0.2) is 14.5 Å². The van der Waals surface area contributed by atoms with Crippen LogP contribution in [0.25, 0.3) is 0 Å². The second-order valence-electron chi connectivity index (χ2n) is 6.06. The largest absolute Gasteiger partial charge is 0.325 e. The highest BCUT2D eigenvalue weighted by Crippen LogP contribution is 2.16. The minimum atomic E-state index is -0.794. The van der Waals surface area contributed by atoms with E-state index in [4.69, 9.17) is 0 Å². The second-order valence-corrected chi connectivity index (χ2v) is 6.06. The third-order valence-electron chi connectivity index (χ3n) is 4.02. The van der Waals surface area contributed by atoms with Crippen molar-refractivity contribution in [1.82, 2.24) is 30.3 Å². The van der Waals surface area contributed by atoms with Gasteiger partial charge in [0.1, 0.15) is 17.7 Å². The van der Waals surface area contributed by atoms with Crippen molar-refractivity contribution in [2.24, 2.45) is 0 Å². The van der Waals surface area contributed by atoms with E-state index in [0.29, 0.717) is 19.1 Å². The highest BCUT2D eigenvalue weighted by Gasteiger charge is 2.43. The molecule has 0 unspecified atom stereocenters. The van der Waals surface area contributed by atoms with Crippen molar-refractivity contribution in [2.75, 3.05) is 13.1 Å². The number of carbonyl (C=O) groups is 2. The van der Waals surface area contributed by atoms with Crippen molar-refractivity contribution < 1.29 is 9.59 Å². The van der Waals surface area contributed by atoms with E-state index in [2.05, 4.69) is 20.7 Å². The van der Waals surface area contributed by atoms with E-state index in [9.17, 15) is 9.59 Å². The van der Waals surface area contributed by atoms with Crippen molar-refractivity contribution in [2.45, 2.75) is 44.8 Å². The predicted octanol–water partition coefficient (Wildman–Crippen LogP) is -0.487. The average Bonchev–Trinajstić information content (AvgIpc) is 2.96. The molecule has 0 aliphatic carbocycles. The first-order valence-electron chi connectivity index (χ1n) is 7.21. The molecule has 1 atom stereocenters. The van der Waals surface area contributed by atoms with Crippen molar-refractivity contribution in [3.8, 4) is 0 Å². The maximum absolute atomic E-state index is 12.0. The van der Waals surface area contributed by atoms with Crippen LogP contribution in [0, 0.1) is 0 Å². The van der Waals surface area contributed by atoms with E-state index in [-0.39, 0.29) is 11.9 Å². The minimum absolute atomic E-state index is 0.170. The molecule has 1 aromatic rings. The van der Waals surface area contributed by atoms with Gasteiger partial charge in [-0.05, 0) is 20.3 Å². The molecule has 8 nitrogen and oxygen atoms in total. The van der Waals surface area contributed by atoms with E-state index in [1.54, 1.807) is 20.2 Å². The van der Waals surface area contributed by atoms with Crippen molar-refractivity contribution in [3.63, 3.8) is 0 Å². The number of imide groups is 1. The van der Waals surface area contributed by atoms with Gasteiger partial charge in [-0.1, -0.05) is 0 Å². The minimum Gasteiger partial charge on any atom is -0.324 e. The molecular formula is C13H20N6O2. The molecule has 114 valence electrons. The van der Waals surface area contributed by atoms with Gasteiger partial charge in [-0.15, -0.1) is 0 Å². The first-order valence-corrected chi connectivity index (χ1v) is 7.21. The van der Waals surface area contributed by atoms with Gasteiger partial charge in [0.05, 0.1) is 6.54 Å². The first kappa shape index (κ1) is 14.0. The molecule has 0 bridgehead atoms. The number of urea groups is 1. The average molecular weight is 292 g/mol. The molecule has 21 heavy (non-hydrogen) atoms. The van der Waals surface area contributed by atoms with E-state index in [1.807, 2.05) is 4.68 Å². The summed E-state index contributed by atoms with van der Waals surface area (Å²) < 4.78 is 1.90. The van der Waals surface area contributed by atoms with Gasteiger partial charge in [-0.2, -0.15) is 5.10 Å². The summed E-state index contributed by atoms with van der Waals surface area (Å²) in [5.41, 5.74) is -0.794. The summed E-state index contributed by atoms with van der Waals surface area (Å²) in [5.74, 6) is 0.848. The summed E-state index contributed by atoms with van der Waals surface area (Å²) in [7, 11) is 0. The monoisotopic (exact) mass is 292 g/mol. The van der Waals surface area contributed by atoms with E-state index < -0.39 is 5.54 Å². The highest BCUT2D eigenvalue weighted by molar-refractivity contribution is 6.06. The maximum Gasteiger partial charge on any atom is 0.325 e. The molecule has 2 aliphatic heterocycles. The number of nitrogens with zero attached hydrogens (tertiary/aromatic N) is 4. The SMILES string of the molecule is CC1(C)NC(=O)N(CCN[C@H]2CCc3ncnn3C2)C1=O. The number of hydrogen-bond acceptors (Lipinski definition) is 5. The standard InChI is InChI=1S/C13H20N6O2/c1-13(2)11(20)18(12(21)17-13)6-5-14-9-3-4-10-15-8-16-19(10)7-9/h8-9,14H,3-7H2,1-2H3,(H,17,21)/t9-/m0/s1. The molecule has 1 aromatic heterocycles. The number of amides is 3. The quantitative estimate of drug-likeness (QED) is 0.731. The van der Waals surface area contributed by atoms with Crippen molar-refractivity contribution in [3.05, 3.63) is 12.2 Å². The van der Waals surface area contributed by atoms with Gasteiger partial charge in [0, 0.05) is 25.6 Å². The fourth-order valence-corrected chi connectivity index (χ4v) is 2.81. The van der Waals surface area contributed by atoms with Crippen LogP contribution >= 0.6 is 0 Å². The van der Waals surface area contributed by atoms with Crippen LogP contribution in [0.5, 0.6) is 0 Å². The zero-order valence-corrected chi connectivity index (χ0v) is 12.3. The fourth-order valence-electron chi connectivity index (χ4n) is 2.81. The van der Waals surface area contributed by atoms with Gasteiger partial charge < -0.3 is 10.6 Å². The molecule has 2 aliphatic rings. The number of aromatic nitrogens is 3. The zero-order chi connectivity index (χ0) is 15.0. The summed E-state index contributed by atoms with van der Waals surface area (Å²) >= 11 is 0. The molecule has 3 rings (SSSR count). The van der Waals surface area contributed by atoms with Crippen LogP contribution in [0.1, 0.15) is 26.1 Å². The normalized spacial score (nSPS) is 24.1. The third kappa shape index (κ3) is 2.63. The molecule has 8 heteroatoms. The molecule has 2 N–H and O–H groups in total.